The van der Waals surface area contributed by atoms with E-state index in [9.17, 15) is 8.78 Å². The van der Waals surface area contributed by atoms with Gasteiger partial charge in [-0.2, -0.15) is 0 Å². The van der Waals surface area contributed by atoms with Gasteiger partial charge in [-0.1, -0.05) is 6.07 Å². The summed E-state index contributed by atoms with van der Waals surface area (Å²) in [6.45, 7) is 3.87. The van der Waals surface area contributed by atoms with E-state index in [1.54, 1.807) is 12.4 Å². The Morgan fingerprint density at radius 2 is 1.63 bits per heavy atom. The highest BCUT2D eigenvalue weighted by molar-refractivity contribution is 5.22. The largest absolute Gasteiger partial charge is 0.304 e. The number of hydrogen-bond acceptors (Lipinski definition) is 2. The van der Waals surface area contributed by atoms with Gasteiger partial charge in [0.25, 0.3) is 0 Å². The molecule has 2 aromatic rings. The van der Waals surface area contributed by atoms with Crippen LogP contribution in [0.15, 0.2) is 42.7 Å². The summed E-state index contributed by atoms with van der Waals surface area (Å²) in [6.07, 6.45) is 3.48. The first-order valence-corrected chi connectivity index (χ1v) is 6.18. The summed E-state index contributed by atoms with van der Waals surface area (Å²) < 4.78 is 26.3. The van der Waals surface area contributed by atoms with E-state index in [1.165, 1.54) is 12.1 Å². The average Bonchev–Trinajstić information content (AvgIpc) is 2.38. The molecular weight excluding hydrogens is 246 g/mol. The first-order chi connectivity index (χ1) is 9.06. The summed E-state index contributed by atoms with van der Waals surface area (Å²) in [4.78, 5) is 4.05. The van der Waals surface area contributed by atoms with E-state index in [2.05, 4.69) is 10.3 Å². The molecular formula is C15H16F2N2. The molecule has 0 aliphatic heterocycles. The Balaban J connectivity index is 2.10. The SMILES string of the molecule is CC(NC(C)c1cc(F)cc(F)c1)c1cccnc1. The van der Waals surface area contributed by atoms with E-state index in [1.807, 2.05) is 26.0 Å². The van der Waals surface area contributed by atoms with Gasteiger partial charge in [-0.15, -0.1) is 0 Å². The maximum atomic E-state index is 13.2. The van der Waals surface area contributed by atoms with Crippen molar-refractivity contribution in [3.63, 3.8) is 0 Å². The van der Waals surface area contributed by atoms with Crippen LogP contribution in [0.5, 0.6) is 0 Å². The molecule has 1 aromatic carbocycles. The maximum absolute atomic E-state index is 13.2. The van der Waals surface area contributed by atoms with Gasteiger partial charge in [0.05, 0.1) is 0 Å². The minimum absolute atomic E-state index is 0.0510. The third-order valence-electron chi connectivity index (χ3n) is 3.07. The Hall–Kier alpha value is -1.81. The lowest BCUT2D eigenvalue weighted by Gasteiger charge is -2.20. The number of hydrogen-bond donors (Lipinski definition) is 1. The summed E-state index contributed by atoms with van der Waals surface area (Å²) in [6, 6.07) is 7.29. The minimum atomic E-state index is -0.558. The summed E-state index contributed by atoms with van der Waals surface area (Å²) in [5.74, 6) is -1.12. The fraction of sp³-hybridized carbons (Fsp3) is 0.267. The van der Waals surface area contributed by atoms with Crippen LogP contribution in [-0.4, -0.2) is 4.98 Å². The van der Waals surface area contributed by atoms with Crippen molar-refractivity contribution in [2.45, 2.75) is 25.9 Å². The van der Waals surface area contributed by atoms with Crippen LogP contribution in [0.4, 0.5) is 8.78 Å². The van der Waals surface area contributed by atoms with Gasteiger partial charge in [0, 0.05) is 30.5 Å². The fourth-order valence-corrected chi connectivity index (χ4v) is 2.02. The third-order valence-corrected chi connectivity index (χ3v) is 3.07. The number of halogens is 2. The highest BCUT2D eigenvalue weighted by Gasteiger charge is 2.12. The molecule has 100 valence electrons. The molecule has 2 nitrogen and oxygen atoms in total. The number of benzene rings is 1. The monoisotopic (exact) mass is 262 g/mol. The Morgan fingerprint density at radius 1 is 1.00 bits per heavy atom. The van der Waals surface area contributed by atoms with E-state index in [-0.39, 0.29) is 12.1 Å². The Morgan fingerprint density at radius 3 is 2.21 bits per heavy atom. The molecule has 0 radical (unpaired) electrons. The second kappa shape index (κ2) is 5.89. The molecule has 1 heterocycles. The van der Waals surface area contributed by atoms with Crippen molar-refractivity contribution < 1.29 is 8.78 Å². The first kappa shape index (κ1) is 13.6. The van der Waals surface area contributed by atoms with E-state index < -0.39 is 11.6 Å². The normalized spacial score (nSPS) is 14.1. The summed E-state index contributed by atoms with van der Waals surface area (Å²) >= 11 is 0. The summed E-state index contributed by atoms with van der Waals surface area (Å²) in [5.41, 5.74) is 1.62. The molecule has 0 aliphatic rings. The third kappa shape index (κ3) is 3.58. The number of nitrogens with zero attached hydrogens (tertiary/aromatic N) is 1. The van der Waals surface area contributed by atoms with Crippen LogP contribution in [0.2, 0.25) is 0 Å². The zero-order chi connectivity index (χ0) is 13.8. The molecule has 0 amide bonds. The molecule has 0 aliphatic carbocycles. The van der Waals surface area contributed by atoms with Crippen molar-refractivity contribution in [2.75, 3.05) is 0 Å². The van der Waals surface area contributed by atoms with Crippen molar-refractivity contribution in [1.82, 2.24) is 10.3 Å². The van der Waals surface area contributed by atoms with Gasteiger partial charge < -0.3 is 5.32 Å². The molecule has 2 unspecified atom stereocenters. The van der Waals surface area contributed by atoms with Crippen molar-refractivity contribution in [3.8, 4) is 0 Å². The molecule has 4 heteroatoms. The van der Waals surface area contributed by atoms with Crippen LogP contribution >= 0.6 is 0 Å². The van der Waals surface area contributed by atoms with Gasteiger partial charge in [0.2, 0.25) is 0 Å². The molecule has 2 atom stereocenters. The Labute approximate surface area is 111 Å². The second-order valence-corrected chi connectivity index (χ2v) is 4.60. The van der Waals surface area contributed by atoms with Crippen molar-refractivity contribution in [2.24, 2.45) is 0 Å². The van der Waals surface area contributed by atoms with Crippen molar-refractivity contribution in [3.05, 3.63) is 65.5 Å². The molecule has 0 fully saturated rings. The number of rotatable bonds is 4. The van der Waals surface area contributed by atoms with Crippen LogP contribution in [0.3, 0.4) is 0 Å². The summed E-state index contributed by atoms with van der Waals surface area (Å²) in [7, 11) is 0. The van der Waals surface area contributed by atoms with Crippen LogP contribution in [0.25, 0.3) is 0 Å². The first-order valence-electron chi connectivity index (χ1n) is 6.18. The molecule has 1 aromatic heterocycles. The lowest BCUT2D eigenvalue weighted by atomic mass is 10.1. The van der Waals surface area contributed by atoms with Gasteiger partial charge in [-0.05, 0) is 43.2 Å². The number of pyridine rings is 1. The molecule has 19 heavy (non-hydrogen) atoms. The maximum Gasteiger partial charge on any atom is 0.126 e. The molecule has 0 spiro atoms. The molecule has 0 saturated carbocycles. The molecule has 2 rings (SSSR count). The zero-order valence-electron chi connectivity index (χ0n) is 10.9. The average molecular weight is 262 g/mol. The lowest BCUT2D eigenvalue weighted by molar-refractivity contribution is 0.486. The van der Waals surface area contributed by atoms with Crippen LogP contribution in [0, 0.1) is 11.6 Å². The quantitative estimate of drug-likeness (QED) is 0.907. The smallest absolute Gasteiger partial charge is 0.126 e. The van der Waals surface area contributed by atoms with Gasteiger partial charge in [-0.3, -0.25) is 4.98 Å². The number of nitrogens with one attached hydrogen (secondary N) is 1. The second-order valence-electron chi connectivity index (χ2n) is 4.60. The lowest BCUT2D eigenvalue weighted by Crippen LogP contribution is -2.22. The zero-order valence-corrected chi connectivity index (χ0v) is 10.9. The van der Waals surface area contributed by atoms with Crippen LogP contribution < -0.4 is 5.32 Å². The predicted molar refractivity (Wildman–Crippen MR) is 70.6 cm³/mol. The van der Waals surface area contributed by atoms with Gasteiger partial charge in [-0.25, -0.2) is 8.78 Å². The standard InChI is InChI=1S/C15H16F2N2/c1-10(12-4-3-5-18-9-12)19-11(2)13-6-14(16)8-15(17)7-13/h3-11,19H,1-2H3. The molecule has 0 saturated heterocycles. The number of aromatic nitrogens is 1. The van der Waals surface area contributed by atoms with E-state index >= 15 is 0 Å². The van der Waals surface area contributed by atoms with Crippen LogP contribution in [-0.2, 0) is 0 Å². The highest BCUT2D eigenvalue weighted by Crippen LogP contribution is 2.20. The Bertz CT molecular complexity index is 523. The van der Waals surface area contributed by atoms with E-state index in [4.69, 9.17) is 0 Å². The fourth-order valence-electron chi connectivity index (χ4n) is 2.02. The topological polar surface area (TPSA) is 24.9 Å². The van der Waals surface area contributed by atoms with Crippen molar-refractivity contribution >= 4 is 0 Å². The summed E-state index contributed by atoms with van der Waals surface area (Å²) in [5, 5.41) is 3.29. The van der Waals surface area contributed by atoms with Gasteiger partial charge in [0.1, 0.15) is 11.6 Å². The van der Waals surface area contributed by atoms with Crippen molar-refractivity contribution in [1.29, 1.82) is 0 Å². The highest BCUT2D eigenvalue weighted by atomic mass is 19.1. The van der Waals surface area contributed by atoms with Gasteiger partial charge in [0.15, 0.2) is 0 Å². The van der Waals surface area contributed by atoms with Crippen LogP contribution in [0.1, 0.15) is 37.1 Å². The molecule has 0 bridgehead atoms. The van der Waals surface area contributed by atoms with E-state index in [0.717, 1.165) is 11.6 Å². The minimum Gasteiger partial charge on any atom is -0.304 e. The predicted octanol–water partition coefficient (Wildman–Crippen LogP) is 3.77. The molecule has 1 N–H and O–H groups in total. The van der Waals surface area contributed by atoms with Gasteiger partial charge >= 0.3 is 0 Å². The van der Waals surface area contributed by atoms with E-state index in [0.29, 0.717) is 5.56 Å². The Kier molecular flexibility index (Phi) is 4.22.